The van der Waals surface area contributed by atoms with Crippen LogP contribution in [0.4, 0.5) is 0 Å². The Hall–Kier alpha value is -0.760. The number of phosphoric acid groups is 1. The zero-order valence-corrected chi connectivity index (χ0v) is 34.5. The number of carbonyl (C=O) groups excluding carboxylic acids is 1. The molecule has 9 heteroatoms. The molecule has 0 aliphatic heterocycles. The fraction of sp³-hybridized carbons (Fsp3) is 0.927. The highest BCUT2D eigenvalue weighted by Crippen LogP contribution is 2.43. The molecule has 0 aromatic rings. The summed E-state index contributed by atoms with van der Waals surface area (Å²) in [5.41, 5.74) is 0. The predicted octanol–water partition coefficient (Wildman–Crippen LogP) is 11.9. The molecule has 0 aliphatic carbocycles. The molecule has 2 atom stereocenters. The van der Waals surface area contributed by atoms with E-state index in [-0.39, 0.29) is 25.8 Å². The van der Waals surface area contributed by atoms with Crippen molar-refractivity contribution in [2.45, 2.75) is 193 Å². The van der Waals surface area contributed by atoms with E-state index in [0.717, 1.165) is 38.5 Å². The molecule has 0 fully saturated rings. The van der Waals surface area contributed by atoms with Crippen molar-refractivity contribution >= 4 is 13.8 Å². The molecule has 0 saturated carbocycles. The number of esters is 1. The Bertz CT molecular complexity index is 817. The minimum Gasteiger partial charge on any atom is -0.457 e. The first-order chi connectivity index (χ1) is 24.1. The number of ether oxygens (including phenoxy) is 2. The van der Waals surface area contributed by atoms with Gasteiger partial charge in [-0.1, -0.05) is 154 Å². The molecule has 0 aromatic heterocycles. The van der Waals surface area contributed by atoms with E-state index in [1.54, 1.807) is 0 Å². The van der Waals surface area contributed by atoms with Gasteiger partial charge in [-0.3, -0.25) is 13.8 Å². The second kappa shape index (κ2) is 35.3. The van der Waals surface area contributed by atoms with Crippen LogP contribution in [-0.2, 0) is 27.9 Å². The number of quaternary nitrogens is 1. The lowest BCUT2D eigenvalue weighted by atomic mass is 10.0. The first kappa shape index (κ1) is 49.2. The number of unbranched alkanes of at least 4 members (excludes halogenated alkanes) is 23. The average molecular weight is 733 g/mol. The first-order valence-corrected chi connectivity index (χ1v) is 22.4. The van der Waals surface area contributed by atoms with E-state index in [1.807, 2.05) is 21.1 Å². The smallest absolute Gasteiger partial charge is 0.457 e. The third-order valence-electron chi connectivity index (χ3n) is 9.08. The van der Waals surface area contributed by atoms with Crippen LogP contribution in [0.15, 0.2) is 12.2 Å². The summed E-state index contributed by atoms with van der Waals surface area (Å²) in [7, 11) is 1.67. The van der Waals surface area contributed by atoms with Gasteiger partial charge in [0.25, 0.3) is 0 Å². The van der Waals surface area contributed by atoms with E-state index in [0.29, 0.717) is 24.1 Å². The molecular weight excluding hydrogens is 649 g/mol. The highest BCUT2D eigenvalue weighted by Gasteiger charge is 2.26. The molecule has 0 saturated heterocycles. The Balaban J connectivity index is 4.24. The largest absolute Gasteiger partial charge is 0.472 e. The minimum atomic E-state index is -4.27. The molecule has 8 nitrogen and oxygen atoms in total. The lowest BCUT2D eigenvalue weighted by molar-refractivity contribution is -0.870. The summed E-state index contributed by atoms with van der Waals surface area (Å²) in [4.78, 5) is 22.8. The first-order valence-electron chi connectivity index (χ1n) is 20.9. The second-order valence-electron chi connectivity index (χ2n) is 15.4. The zero-order chi connectivity index (χ0) is 37.0. The third-order valence-corrected chi connectivity index (χ3v) is 10.1. The Labute approximate surface area is 310 Å². The van der Waals surface area contributed by atoms with Gasteiger partial charge in [0, 0.05) is 13.0 Å². The van der Waals surface area contributed by atoms with Crippen LogP contribution in [0.2, 0.25) is 0 Å². The lowest BCUT2D eigenvalue weighted by Crippen LogP contribution is -2.37. The van der Waals surface area contributed by atoms with Crippen LogP contribution in [-0.4, -0.2) is 75.6 Å². The van der Waals surface area contributed by atoms with Crippen LogP contribution in [0.25, 0.3) is 0 Å². The van der Waals surface area contributed by atoms with E-state index < -0.39 is 13.9 Å². The molecule has 0 spiro atoms. The summed E-state index contributed by atoms with van der Waals surface area (Å²) in [6.07, 6.45) is 36.6. The standard InChI is InChI=1S/C41H82NO7P/c1-6-8-10-12-14-16-18-20-21-23-25-27-29-31-33-36-46-38-40(39-48-50(44,45)47-37-35-42(3,4)5)49-41(43)34-32-30-28-26-24-22-19-17-15-13-11-9-7-2/h17,19,40H,6-16,18,20-39H2,1-5H3/p+1/b19-17-. The maximum atomic E-state index is 12.6. The zero-order valence-electron chi connectivity index (χ0n) is 33.7. The van der Waals surface area contributed by atoms with Gasteiger partial charge in [-0.2, -0.15) is 0 Å². The van der Waals surface area contributed by atoms with Crippen molar-refractivity contribution < 1.29 is 37.3 Å². The summed E-state index contributed by atoms with van der Waals surface area (Å²) in [6, 6.07) is 0. The monoisotopic (exact) mass is 733 g/mol. The summed E-state index contributed by atoms with van der Waals surface area (Å²) in [5, 5.41) is 0. The van der Waals surface area contributed by atoms with Crippen molar-refractivity contribution in [3.8, 4) is 0 Å². The van der Waals surface area contributed by atoms with E-state index in [4.69, 9.17) is 18.5 Å². The molecule has 0 amide bonds. The molecule has 2 unspecified atom stereocenters. The Morgan fingerprint density at radius 1 is 0.600 bits per heavy atom. The van der Waals surface area contributed by atoms with E-state index >= 15 is 0 Å². The Morgan fingerprint density at radius 3 is 1.54 bits per heavy atom. The van der Waals surface area contributed by atoms with Crippen molar-refractivity contribution in [1.82, 2.24) is 0 Å². The number of hydrogen-bond donors (Lipinski definition) is 1. The lowest BCUT2D eigenvalue weighted by Gasteiger charge is -2.24. The summed E-state index contributed by atoms with van der Waals surface area (Å²) < 4.78 is 34.9. The number of likely N-dealkylation sites (N-methyl/N-ethyl adjacent to an activating group) is 1. The molecule has 0 bridgehead atoms. The molecule has 1 N–H and O–H groups in total. The van der Waals surface area contributed by atoms with Gasteiger partial charge in [-0.15, -0.1) is 0 Å². The Kier molecular flexibility index (Phi) is 34.7. The van der Waals surface area contributed by atoms with Gasteiger partial charge in [-0.05, 0) is 38.5 Å². The summed E-state index contributed by atoms with van der Waals surface area (Å²) in [5.74, 6) is -0.320. The molecule has 0 heterocycles. The van der Waals surface area contributed by atoms with Crippen molar-refractivity contribution in [2.75, 3.05) is 54.1 Å². The average Bonchev–Trinajstić information content (AvgIpc) is 3.06. The highest BCUT2D eigenvalue weighted by atomic mass is 31.2. The fourth-order valence-corrected chi connectivity index (χ4v) is 6.52. The van der Waals surface area contributed by atoms with Crippen LogP contribution >= 0.6 is 7.82 Å². The molecule has 0 aromatic carbocycles. The fourth-order valence-electron chi connectivity index (χ4n) is 5.78. The topological polar surface area (TPSA) is 91.3 Å². The molecule has 298 valence electrons. The highest BCUT2D eigenvalue weighted by molar-refractivity contribution is 7.47. The van der Waals surface area contributed by atoms with E-state index in [9.17, 15) is 14.3 Å². The van der Waals surface area contributed by atoms with Crippen LogP contribution < -0.4 is 0 Å². The minimum absolute atomic E-state index is 0.0900. The number of allylic oxidation sites excluding steroid dienone is 2. The van der Waals surface area contributed by atoms with E-state index in [2.05, 4.69) is 26.0 Å². The van der Waals surface area contributed by atoms with Crippen molar-refractivity contribution in [3.63, 3.8) is 0 Å². The van der Waals surface area contributed by atoms with E-state index in [1.165, 1.54) is 128 Å². The van der Waals surface area contributed by atoms with Crippen LogP contribution in [0.3, 0.4) is 0 Å². The van der Waals surface area contributed by atoms with Crippen molar-refractivity contribution in [3.05, 3.63) is 12.2 Å². The van der Waals surface area contributed by atoms with Gasteiger partial charge >= 0.3 is 13.8 Å². The number of nitrogens with zero attached hydrogens (tertiary/aromatic N) is 1. The normalized spacial score (nSPS) is 14.0. The van der Waals surface area contributed by atoms with Gasteiger partial charge < -0.3 is 18.9 Å². The number of rotatable bonds is 39. The summed E-state index contributed by atoms with van der Waals surface area (Å²) >= 11 is 0. The molecule has 0 radical (unpaired) electrons. The SMILES string of the molecule is CCCCCC/C=C\CCCCCCCC(=O)OC(COCCCCCCCCCCCCCCCCC)COP(=O)(O)OCC[N+](C)(C)C. The quantitative estimate of drug-likeness (QED) is 0.0221. The van der Waals surface area contributed by atoms with Crippen LogP contribution in [0, 0.1) is 0 Å². The van der Waals surface area contributed by atoms with Crippen LogP contribution in [0.1, 0.15) is 187 Å². The van der Waals surface area contributed by atoms with Gasteiger partial charge in [-0.25, -0.2) is 4.57 Å². The molecular formula is C41H83NO7P+. The molecule has 0 rings (SSSR count). The maximum Gasteiger partial charge on any atom is 0.472 e. The van der Waals surface area contributed by atoms with Gasteiger partial charge in [0.15, 0.2) is 0 Å². The Morgan fingerprint density at radius 2 is 1.04 bits per heavy atom. The maximum absolute atomic E-state index is 12.6. The molecule has 0 aliphatic rings. The molecule has 50 heavy (non-hydrogen) atoms. The predicted molar refractivity (Wildman–Crippen MR) is 210 cm³/mol. The van der Waals surface area contributed by atoms with Gasteiger partial charge in [0.2, 0.25) is 0 Å². The number of hydrogen-bond acceptors (Lipinski definition) is 6. The number of carbonyl (C=O) groups is 1. The van der Waals surface area contributed by atoms with Crippen molar-refractivity contribution in [2.24, 2.45) is 0 Å². The van der Waals surface area contributed by atoms with Crippen molar-refractivity contribution in [1.29, 1.82) is 0 Å². The van der Waals surface area contributed by atoms with Gasteiger partial charge in [0.05, 0.1) is 34.4 Å². The summed E-state index contributed by atoms with van der Waals surface area (Å²) in [6.45, 7) is 5.62. The third kappa shape index (κ3) is 38.5. The van der Waals surface area contributed by atoms with Crippen LogP contribution in [0.5, 0.6) is 0 Å². The van der Waals surface area contributed by atoms with Gasteiger partial charge in [0.1, 0.15) is 19.3 Å². The number of phosphoric ester groups is 1. The second-order valence-corrected chi connectivity index (χ2v) is 16.8.